The van der Waals surface area contributed by atoms with Crippen LogP contribution in [0.15, 0.2) is 48.5 Å². The van der Waals surface area contributed by atoms with Gasteiger partial charge in [-0.3, -0.25) is 9.59 Å². The van der Waals surface area contributed by atoms with E-state index in [4.69, 9.17) is 9.84 Å². The molecule has 2 aliphatic carbocycles. The maximum Gasteiger partial charge on any atom is 0.407 e. The lowest BCUT2D eigenvalue weighted by atomic mass is 9.98. The maximum absolute atomic E-state index is 13.4. The smallest absolute Gasteiger partial charge is 0.407 e. The van der Waals surface area contributed by atoms with Crippen LogP contribution in [0.4, 0.5) is 13.6 Å². The van der Waals surface area contributed by atoms with Crippen LogP contribution < -0.4 is 10.6 Å². The number of hydrogen-bond acceptors (Lipinski definition) is 4. The average molecular weight is 458 g/mol. The van der Waals surface area contributed by atoms with Crippen LogP contribution in [0.2, 0.25) is 0 Å². The molecule has 0 heterocycles. The molecule has 2 aromatic rings. The van der Waals surface area contributed by atoms with E-state index in [1.54, 1.807) is 6.92 Å². The molecule has 0 saturated heterocycles. The summed E-state index contributed by atoms with van der Waals surface area (Å²) < 4.78 is 32.2. The lowest BCUT2D eigenvalue weighted by Crippen LogP contribution is -2.38. The Balaban J connectivity index is 1.24. The molecule has 0 aromatic heterocycles. The van der Waals surface area contributed by atoms with Gasteiger partial charge in [-0.25, -0.2) is 13.6 Å². The molecule has 33 heavy (non-hydrogen) atoms. The highest BCUT2D eigenvalue weighted by Gasteiger charge is 2.72. The first kappa shape index (κ1) is 22.7. The first-order valence-corrected chi connectivity index (χ1v) is 10.7. The van der Waals surface area contributed by atoms with Gasteiger partial charge in [0.25, 0.3) is 5.92 Å². The summed E-state index contributed by atoms with van der Waals surface area (Å²) in [6.45, 7) is 1.29. The van der Waals surface area contributed by atoms with Crippen LogP contribution in [0, 0.1) is 11.8 Å². The van der Waals surface area contributed by atoms with Gasteiger partial charge in [0, 0.05) is 24.9 Å². The third-order valence-corrected chi connectivity index (χ3v) is 6.19. The molecule has 9 heteroatoms. The molecule has 1 saturated carbocycles. The zero-order valence-electron chi connectivity index (χ0n) is 17.9. The van der Waals surface area contributed by atoms with Crippen molar-refractivity contribution in [2.75, 3.05) is 13.2 Å². The summed E-state index contributed by atoms with van der Waals surface area (Å²) in [4.78, 5) is 35.0. The summed E-state index contributed by atoms with van der Waals surface area (Å²) >= 11 is 0. The molecule has 0 aliphatic heterocycles. The van der Waals surface area contributed by atoms with E-state index >= 15 is 0 Å². The zero-order chi connectivity index (χ0) is 23.8. The number of benzene rings is 2. The molecule has 0 spiro atoms. The highest BCUT2D eigenvalue weighted by Crippen LogP contribution is 2.54. The third-order valence-electron chi connectivity index (χ3n) is 6.19. The predicted molar refractivity (Wildman–Crippen MR) is 115 cm³/mol. The van der Waals surface area contributed by atoms with E-state index in [0.29, 0.717) is 0 Å². The fourth-order valence-corrected chi connectivity index (χ4v) is 4.45. The Kier molecular flexibility index (Phi) is 6.05. The first-order chi connectivity index (χ1) is 15.7. The molecule has 174 valence electrons. The number of rotatable bonds is 8. The third kappa shape index (κ3) is 4.53. The number of aliphatic carboxylic acids is 1. The number of alkyl carbamates (subject to hydrolysis) is 1. The van der Waals surface area contributed by atoms with Crippen LogP contribution in [-0.4, -0.2) is 48.2 Å². The van der Waals surface area contributed by atoms with Gasteiger partial charge in [-0.05, 0) is 29.2 Å². The summed E-state index contributed by atoms with van der Waals surface area (Å²) in [7, 11) is 0. The minimum absolute atomic E-state index is 0.0934. The zero-order valence-corrected chi connectivity index (χ0v) is 17.9. The van der Waals surface area contributed by atoms with E-state index in [2.05, 4.69) is 10.6 Å². The van der Waals surface area contributed by atoms with Crippen molar-refractivity contribution >= 4 is 18.0 Å². The number of alkyl halides is 2. The molecule has 1 fully saturated rings. The monoisotopic (exact) mass is 458 g/mol. The molecule has 7 nitrogen and oxygen atoms in total. The number of carbonyl (C=O) groups is 3. The Morgan fingerprint density at radius 2 is 1.64 bits per heavy atom. The Labute approximate surface area is 189 Å². The van der Waals surface area contributed by atoms with Crippen molar-refractivity contribution in [3.05, 3.63) is 59.7 Å². The molecule has 2 aliphatic rings. The number of carboxylic acids is 1. The van der Waals surface area contributed by atoms with Gasteiger partial charge in [-0.2, -0.15) is 0 Å². The van der Waals surface area contributed by atoms with Gasteiger partial charge >= 0.3 is 12.1 Å². The minimum Gasteiger partial charge on any atom is -0.481 e. The van der Waals surface area contributed by atoms with E-state index in [1.165, 1.54) is 0 Å². The average Bonchev–Trinajstić information content (AvgIpc) is 3.18. The maximum atomic E-state index is 13.4. The molecule has 3 atom stereocenters. The molecule has 3 N–H and O–H groups in total. The Morgan fingerprint density at radius 3 is 2.18 bits per heavy atom. The Morgan fingerprint density at radius 1 is 1.06 bits per heavy atom. The number of fused-ring (bicyclic) bond motifs is 3. The van der Waals surface area contributed by atoms with Crippen molar-refractivity contribution in [2.24, 2.45) is 11.8 Å². The van der Waals surface area contributed by atoms with Crippen LogP contribution >= 0.6 is 0 Å². The minimum atomic E-state index is -3.32. The quantitative estimate of drug-likeness (QED) is 0.563. The van der Waals surface area contributed by atoms with E-state index in [1.807, 2.05) is 48.5 Å². The van der Waals surface area contributed by atoms with Crippen LogP contribution in [-0.2, 0) is 14.3 Å². The van der Waals surface area contributed by atoms with E-state index < -0.39 is 48.3 Å². The highest BCUT2D eigenvalue weighted by molar-refractivity contribution is 5.80. The summed E-state index contributed by atoms with van der Waals surface area (Å²) in [5, 5.41) is 13.6. The van der Waals surface area contributed by atoms with Gasteiger partial charge in [-0.15, -0.1) is 0 Å². The lowest BCUT2D eigenvalue weighted by Gasteiger charge is -2.17. The number of nitrogens with one attached hydrogen (secondary N) is 2. The van der Waals surface area contributed by atoms with Crippen molar-refractivity contribution in [1.82, 2.24) is 10.6 Å². The molecule has 0 radical (unpaired) electrons. The fraction of sp³-hybridized carbons (Fsp3) is 0.375. The van der Waals surface area contributed by atoms with Gasteiger partial charge in [0.2, 0.25) is 5.91 Å². The van der Waals surface area contributed by atoms with E-state index in [-0.39, 0.29) is 18.9 Å². The van der Waals surface area contributed by atoms with Crippen molar-refractivity contribution < 1.29 is 33.0 Å². The number of halogens is 2. The molecule has 0 unspecified atom stereocenters. The van der Waals surface area contributed by atoms with Crippen LogP contribution in [0.25, 0.3) is 11.1 Å². The van der Waals surface area contributed by atoms with Crippen molar-refractivity contribution in [3.8, 4) is 11.1 Å². The molecule has 2 aromatic carbocycles. The number of hydrogen-bond donors (Lipinski definition) is 3. The first-order valence-electron chi connectivity index (χ1n) is 10.7. The molecular weight excluding hydrogens is 434 g/mol. The van der Waals surface area contributed by atoms with E-state index in [9.17, 15) is 23.2 Å². The van der Waals surface area contributed by atoms with Crippen LogP contribution in [0.5, 0.6) is 0 Å². The summed E-state index contributed by atoms with van der Waals surface area (Å²) in [6.07, 6.45) is -0.836. The number of carbonyl (C=O) groups excluding carboxylic acids is 2. The molecule has 4 rings (SSSR count). The summed E-state index contributed by atoms with van der Waals surface area (Å²) in [5.41, 5.74) is 4.38. The number of carboxylic acid groups (broad SMARTS) is 1. The van der Waals surface area contributed by atoms with Gasteiger partial charge < -0.3 is 20.5 Å². The normalized spacial score (nSPS) is 20.8. The number of ether oxygens (including phenoxy) is 1. The molecular formula is C24H24F2N2O5. The van der Waals surface area contributed by atoms with Gasteiger partial charge in [0.05, 0.1) is 5.92 Å². The second-order valence-electron chi connectivity index (χ2n) is 8.48. The van der Waals surface area contributed by atoms with Crippen molar-refractivity contribution in [1.29, 1.82) is 0 Å². The summed E-state index contributed by atoms with van der Waals surface area (Å²) in [6, 6.07) is 15.3. The molecule has 2 amide bonds. The van der Waals surface area contributed by atoms with Gasteiger partial charge in [0.15, 0.2) is 0 Å². The van der Waals surface area contributed by atoms with E-state index in [0.717, 1.165) is 22.3 Å². The standard InChI is InChI=1S/C24H24F2N2O5/c1-13(10-20(29)27-11-19-21(22(30)31)24(19,25)26)28-23(32)33-12-18-16-8-4-2-6-14(16)15-7-3-5-9-17(15)18/h2-9,13,18-19,21H,10-12H2,1H3,(H,27,29)(H,28,32)(H,30,31)/t13-,19+,21+/m0/s1. The Hall–Kier alpha value is -3.49. The van der Waals surface area contributed by atoms with Crippen molar-refractivity contribution in [2.45, 2.75) is 31.2 Å². The summed E-state index contributed by atoms with van der Waals surface area (Å²) in [5.74, 6) is -8.73. The van der Waals surface area contributed by atoms with Crippen LogP contribution in [0.3, 0.4) is 0 Å². The lowest BCUT2D eigenvalue weighted by molar-refractivity contribution is -0.141. The van der Waals surface area contributed by atoms with Gasteiger partial charge in [0.1, 0.15) is 12.5 Å². The predicted octanol–water partition coefficient (Wildman–Crippen LogP) is 3.39. The largest absolute Gasteiger partial charge is 0.481 e. The molecule has 0 bridgehead atoms. The highest BCUT2D eigenvalue weighted by atomic mass is 19.3. The Bertz CT molecular complexity index is 1040. The van der Waals surface area contributed by atoms with Gasteiger partial charge in [-0.1, -0.05) is 48.5 Å². The fourth-order valence-electron chi connectivity index (χ4n) is 4.45. The number of amides is 2. The topological polar surface area (TPSA) is 105 Å². The van der Waals surface area contributed by atoms with Crippen LogP contribution in [0.1, 0.15) is 30.4 Å². The second kappa shape index (κ2) is 8.80. The second-order valence-corrected chi connectivity index (χ2v) is 8.48. The van der Waals surface area contributed by atoms with Crippen molar-refractivity contribution in [3.63, 3.8) is 0 Å². The SMILES string of the molecule is C[C@@H](CC(=O)NC[C@@H]1[C@H](C(=O)O)C1(F)F)NC(=O)OCC1c2ccccc2-c2ccccc21.